The van der Waals surface area contributed by atoms with Crippen LogP contribution < -0.4 is 0 Å². The number of hydrogen-bond acceptors (Lipinski definition) is 1. The molecule has 0 fully saturated rings. The van der Waals surface area contributed by atoms with E-state index in [-0.39, 0.29) is 0 Å². The summed E-state index contributed by atoms with van der Waals surface area (Å²) >= 11 is 0. The maximum absolute atomic E-state index is 9.20. The van der Waals surface area contributed by atoms with Crippen LogP contribution in [0.5, 0.6) is 0 Å². The molecule has 0 bridgehead atoms. The van der Waals surface area contributed by atoms with Gasteiger partial charge in [-0.3, -0.25) is 0 Å². The Hall–Kier alpha value is -1.30. The van der Waals surface area contributed by atoms with Gasteiger partial charge >= 0.3 is 0 Å². The van der Waals surface area contributed by atoms with Gasteiger partial charge in [0.25, 0.3) is 0 Å². The molecule has 1 atom stereocenters. The molecule has 15 heavy (non-hydrogen) atoms. The second kappa shape index (κ2) is 5.55. The molecule has 1 aromatic rings. The Bertz CT molecular complexity index is 354. The van der Waals surface area contributed by atoms with E-state index >= 15 is 0 Å². The first-order chi connectivity index (χ1) is 7.11. The fraction of sp³-hybridized carbons (Fsp3) is 0.357. The zero-order valence-corrected chi connectivity index (χ0v) is 9.57. The highest BCUT2D eigenvalue weighted by Crippen LogP contribution is 2.21. The van der Waals surface area contributed by atoms with Crippen molar-refractivity contribution in [1.82, 2.24) is 0 Å². The van der Waals surface area contributed by atoms with Crippen LogP contribution in [0, 0.1) is 5.92 Å². The molecule has 1 nitrogen and oxygen atoms in total. The molecular weight excluding hydrogens is 184 g/mol. The summed E-state index contributed by atoms with van der Waals surface area (Å²) in [4.78, 5) is 0. The van der Waals surface area contributed by atoms with Crippen molar-refractivity contribution in [3.63, 3.8) is 0 Å². The van der Waals surface area contributed by atoms with Crippen molar-refractivity contribution in [3.8, 4) is 0 Å². The summed E-state index contributed by atoms with van der Waals surface area (Å²) in [7, 11) is 0. The van der Waals surface area contributed by atoms with Crippen LogP contribution in [0.25, 0.3) is 5.57 Å². The van der Waals surface area contributed by atoms with Crippen LogP contribution >= 0.6 is 0 Å². The van der Waals surface area contributed by atoms with E-state index in [1.807, 2.05) is 18.2 Å². The molecule has 0 radical (unpaired) electrons. The second-order valence-corrected chi connectivity index (χ2v) is 3.99. The lowest BCUT2D eigenvalue weighted by molar-refractivity contribution is 0.244. The zero-order chi connectivity index (χ0) is 11.3. The summed E-state index contributed by atoms with van der Waals surface area (Å²) in [6, 6.07) is 10.2. The van der Waals surface area contributed by atoms with Gasteiger partial charge in [0.15, 0.2) is 0 Å². The first kappa shape index (κ1) is 11.8. The lowest BCUT2D eigenvalue weighted by Crippen LogP contribution is -1.94. The number of aliphatic hydroxyl groups is 1. The largest absolute Gasteiger partial charge is 0.389 e. The third-order valence-electron chi connectivity index (χ3n) is 2.14. The highest BCUT2D eigenvalue weighted by Gasteiger charge is 2.04. The van der Waals surface area contributed by atoms with Crippen LogP contribution in [0.2, 0.25) is 0 Å². The Morgan fingerprint density at radius 1 is 1.20 bits per heavy atom. The molecule has 0 aliphatic rings. The topological polar surface area (TPSA) is 20.2 Å². The second-order valence-electron chi connectivity index (χ2n) is 3.99. The summed E-state index contributed by atoms with van der Waals surface area (Å²) in [5, 5.41) is 9.20. The average Bonchev–Trinajstić information content (AvgIpc) is 2.18. The van der Waals surface area contributed by atoms with Gasteiger partial charge in [-0.2, -0.15) is 0 Å². The Morgan fingerprint density at radius 2 is 1.80 bits per heavy atom. The Morgan fingerprint density at radius 3 is 2.27 bits per heavy atom. The van der Waals surface area contributed by atoms with Crippen molar-refractivity contribution in [2.24, 2.45) is 5.92 Å². The first-order valence-electron chi connectivity index (χ1n) is 5.31. The van der Waals surface area contributed by atoms with Crippen LogP contribution in [0.15, 0.2) is 42.1 Å². The number of benzene rings is 1. The normalized spacial score (nSPS) is 12.1. The minimum absolute atomic E-state index is 0.405. The summed E-state index contributed by atoms with van der Waals surface area (Å²) in [5.74, 6) is 0.405. The molecule has 1 N–H and O–H groups in total. The van der Waals surface area contributed by atoms with Crippen molar-refractivity contribution >= 4 is 5.57 Å². The van der Waals surface area contributed by atoms with Crippen molar-refractivity contribution in [2.75, 3.05) is 0 Å². The lowest BCUT2D eigenvalue weighted by Gasteiger charge is -2.08. The van der Waals surface area contributed by atoms with E-state index in [0.29, 0.717) is 5.92 Å². The predicted molar refractivity (Wildman–Crippen MR) is 64.5 cm³/mol. The van der Waals surface area contributed by atoms with Crippen molar-refractivity contribution in [2.45, 2.75) is 26.9 Å². The molecule has 0 heterocycles. The van der Waals surface area contributed by atoms with E-state index in [9.17, 15) is 5.11 Å². The first-order valence-corrected chi connectivity index (χ1v) is 5.31. The average molecular weight is 202 g/mol. The van der Waals surface area contributed by atoms with Crippen molar-refractivity contribution < 1.29 is 5.11 Å². The van der Waals surface area contributed by atoms with E-state index < -0.39 is 6.10 Å². The summed E-state index contributed by atoms with van der Waals surface area (Å²) in [6.07, 6.45) is 1.25. The minimum atomic E-state index is -0.442. The maximum atomic E-state index is 9.20. The summed E-state index contributed by atoms with van der Waals surface area (Å²) < 4.78 is 0. The highest BCUT2D eigenvalue weighted by atomic mass is 16.3. The van der Waals surface area contributed by atoms with Gasteiger partial charge < -0.3 is 5.11 Å². The van der Waals surface area contributed by atoms with Gasteiger partial charge in [0.1, 0.15) is 0 Å². The number of hydrogen-bond donors (Lipinski definition) is 1. The molecule has 1 unspecified atom stereocenters. The number of rotatable bonds is 3. The van der Waals surface area contributed by atoms with Gasteiger partial charge in [-0.15, -0.1) is 5.73 Å². The number of aliphatic hydroxyl groups excluding tert-OH is 1. The third kappa shape index (κ3) is 3.75. The Labute approximate surface area is 91.8 Å². The monoisotopic (exact) mass is 202 g/mol. The van der Waals surface area contributed by atoms with E-state index in [2.05, 4.69) is 31.7 Å². The molecule has 0 amide bonds. The lowest BCUT2D eigenvalue weighted by atomic mass is 9.96. The predicted octanol–water partition coefficient (Wildman–Crippen LogP) is 3.26. The Balaban J connectivity index is 3.10. The van der Waals surface area contributed by atoms with E-state index in [4.69, 9.17) is 0 Å². The van der Waals surface area contributed by atoms with Gasteiger partial charge in [-0.05, 0) is 24.5 Å². The standard InChI is InChI=1S/C14H18O/c1-11(2)14(10-9-12(3)15)13-7-5-4-6-8-13/h4-9,11-12,15H,1-3H3. The molecule has 0 saturated heterocycles. The van der Waals surface area contributed by atoms with Crippen LogP contribution in [0.4, 0.5) is 0 Å². The molecular formula is C14H18O. The maximum Gasteiger partial charge on any atom is 0.0766 e. The quantitative estimate of drug-likeness (QED) is 0.746. The smallest absolute Gasteiger partial charge is 0.0766 e. The highest BCUT2D eigenvalue weighted by molar-refractivity contribution is 5.66. The molecule has 1 rings (SSSR count). The van der Waals surface area contributed by atoms with Gasteiger partial charge in [0.05, 0.1) is 6.10 Å². The van der Waals surface area contributed by atoms with E-state index in [0.717, 1.165) is 5.57 Å². The van der Waals surface area contributed by atoms with E-state index in [1.54, 1.807) is 13.0 Å². The van der Waals surface area contributed by atoms with Gasteiger partial charge in [0.2, 0.25) is 0 Å². The zero-order valence-electron chi connectivity index (χ0n) is 9.57. The molecule has 80 valence electrons. The van der Waals surface area contributed by atoms with Crippen molar-refractivity contribution in [1.29, 1.82) is 0 Å². The Kier molecular flexibility index (Phi) is 4.36. The molecule has 1 heteroatoms. The van der Waals surface area contributed by atoms with Gasteiger partial charge in [-0.25, -0.2) is 0 Å². The van der Waals surface area contributed by atoms with Crippen LogP contribution in [0.1, 0.15) is 26.3 Å². The minimum Gasteiger partial charge on any atom is -0.389 e. The van der Waals surface area contributed by atoms with Crippen LogP contribution in [0.3, 0.4) is 0 Å². The molecule has 0 aliphatic carbocycles. The molecule has 0 saturated carbocycles. The SMILES string of the molecule is CC(O)C=C=C(c1ccccc1)C(C)C. The molecule has 0 aliphatic heterocycles. The fourth-order valence-electron chi connectivity index (χ4n) is 1.41. The summed E-state index contributed by atoms with van der Waals surface area (Å²) in [6.45, 7) is 5.99. The molecule has 0 aromatic heterocycles. The third-order valence-corrected chi connectivity index (χ3v) is 2.14. The molecule has 0 spiro atoms. The van der Waals surface area contributed by atoms with Crippen molar-refractivity contribution in [3.05, 3.63) is 47.7 Å². The van der Waals surface area contributed by atoms with E-state index in [1.165, 1.54) is 5.56 Å². The fourth-order valence-corrected chi connectivity index (χ4v) is 1.41. The van der Waals surface area contributed by atoms with Gasteiger partial charge in [0, 0.05) is 5.57 Å². The van der Waals surface area contributed by atoms with Crippen LogP contribution in [-0.2, 0) is 0 Å². The van der Waals surface area contributed by atoms with Crippen LogP contribution in [-0.4, -0.2) is 11.2 Å². The summed E-state index contributed by atoms with van der Waals surface area (Å²) in [5.41, 5.74) is 5.48. The van der Waals surface area contributed by atoms with Gasteiger partial charge in [-0.1, -0.05) is 44.2 Å². The molecule has 1 aromatic carbocycles.